The van der Waals surface area contributed by atoms with Crippen LogP contribution in [0.25, 0.3) is 0 Å². The summed E-state index contributed by atoms with van der Waals surface area (Å²) >= 11 is 6.21. The van der Waals surface area contributed by atoms with Crippen LogP contribution in [0.1, 0.15) is 36.5 Å². The van der Waals surface area contributed by atoms with Gasteiger partial charge in [-0.25, -0.2) is 4.79 Å². The van der Waals surface area contributed by atoms with E-state index in [0.717, 1.165) is 25.9 Å². The van der Waals surface area contributed by atoms with Crippen LogP contribution in [0.3, 0.4) is 0 Å². The number of imide groups is 1. The zero-order valence-corrected chi connectivity index (χ0v) is 14.3. The number of amides is 4. The van der Waals surface area contributed by atoms with Crippen LogP contribution >= 0.6 is 11.6 Å². The van der Waals surface area contributed by atoms with Gasteiger partial charge in [0.2, 0.25) is 5.91 Å². The first-order valence-electron chi connectivity index (χ1n) is 8.16. The molecule has 1 aromatic rings. The zero-order chi connectivity index (χ0) is 17.3. The maximum atomic E-state index is 12.7. The number of hydrogen-bond acceptors (Lipinski definition) is 3. The number of carbonyl (C=O) groups is 3. The van der Waals surface area contributed by atoms with Gasteiger partial charge in [0.1, 0.15) is 0 Å². The van der Waals surface area contributed by atoms with Crippen LogP contribution in [0.2, 0.25) is 5.02 Å². The molecule has 1 N–H and O–H groups in total. The summed E-state index contributed by atoms with van der Waals surface area (Å²) in [5.74, 6) is 0.291. The highest BCUT2D eigenvalue weighted by Gasteiger charge is 2.27. The maximum absolute atomic E-state index is 12.7. The van der Waals surface area contributed by atoms with E-state index in [1.165, 1.54) is 4.90 Å². The molecule has 128 valence electrons. The van der Waals surface area contributed by atoms with Crippen LogP contribution < -0.4 is 10.2 Å². The standard InChI is InChI=1S/C17H20ClN3O3/c1-11-4-7-20(8-5-11)16(23)12-2-3-13(18)14(10-12)21-9-6-15(22)19-17(21)24/h2-3,10-11H,4-9H2,1H3,(H,19,22,24). The average Bonchev–Trinajstić information content (AvgIpc) is 2.56. The van der Waals surface area contributed by atoms with Gasteiger partial charge in [0, 0.05) is 31.6 Å². The van der Waals surface area contributed by atoms with Crippen LogP contribution in [0.4, 0.5) is 10.5 Å². The van der Waals surface area contributed by atoms with Crippen molar-refractivity contribution in [3.05, 3.63) is 28.8 Å². The number of piperidine rings is 1. The summed E-state index contributed by atoms with van der Waals surface area (Å²) in [5.41, 5.74) is 0.964. The number of hydrogen-bond donors (Lipinski definition) is 1. The van der Waals surface area contributed by atoms with Gasteiger partial charge in [-0.05, 0) is 37.0 Å². The summed E-state index contributed by atoms with van der Waals surface area (Å²) in [6.45, 7) is 3.94. The van der Waals surface area contributed by atoms with Gasteiger partial charge < -0.3 is 4.90 Å². The molecule has 1 aromatic carbocycles. The summed E-state index contributed by atoms with van der Waals surface area (Å²) in [5, 5.41) is 2.64. The highest BCUT2D eigenvalue weighted by molar-refractivity contribution is 6.34. The first-order valence-corrected chi connectivity index (χ1v) is 8.53. The van der Waals surface area contributed by atoms with E-state index >= 15 is 0 Å². The molecular weight excluding hydrogens is 330 g/mol. The molecule has 6 nitrogen and oxygen atoms in total. The van der Waals surface area contributed by atoms with Gasteiger partial charge in [0.05, 0.1) is 10.7 Å². The lowest BCUT2D eigenvalue weighted by molar-refractivity contribution is -0.120. The van der Waals surface area contributed by atoms with Gasteiger partial charge >= 0.3 is 6.03 Å². The highest BCUT2D eigenvalue weighted by atomic mass is 35.5. The second kappa shape index (κ2) is 6.81. The fraction of sp³-hybridized carbons (Fsp3) is 0.471. The molecule has 0 unspecified atom stereocenters. The monoisotopic (exact) mass is 349 g/mol. The number of nitrogens with zero attached hydrogens (tertiary/aromatic N) is 2. The van der Waals surface area contributed by atoms with Crippen LogP contribution in [0.5, 0.6) is 0 Å². The molecule has 2 heterocycles. The second-order valence-electron chi connectivity index (χ2n) is 6.40. The number of urea groups is 1. The van der Waals surface area contributed by atoms with Crippen molar-refractivity contribution in [1.82, 2.24) is 10.2 Å². The highest BCUT2D eigenvalue weighted by Crippen LogP contribution is 2.29. The van der Waals surface area contributed by atoms with Crippen molar-refractivity contribution in [2.75, 3.05) is 24.5 Å². The quantitative estimate of drug-likeness (QED) is 0.892. The fourth-order valence-electron chi connectivity index (χ4n) is 3.04. The van der Waals surface area contributed by atoms with E-state index in [4.69, 9.17) is 11.6 Å². The molecule has 7 heteroatoms. The van der Waals surface area contributed by atoms with Crippen molar-refractivity contribution in [2.45, 2.75) is 26.2 Å². The van der Waals surface area contributed by atoms with E-state index in [1.54, 1.807) is 18.2 Å². The first-order chi connectivity index (χ1) is 11.5. The molecule has 0 bridgehead atoms. The summed E-state index contributed by atoms with van der Waals surface area (Å²) in [6.07, 6.45) is 2.22. The Morgan fingerprint density at radius 2 is 1.92 bits per heavy atom. The molecule has 0 saturated carbocycles. The predicted octanol–water partition coefficient (Wildman–Crippen LogP) is 2.66. The molecule has 0 spiro atoms. The summed E-state index contributed by atoms with van der Waals surface area (Å²) in [4.78, 5) is 39.2. The van der Waals surface area contributed by atoms with E-state index in [2.05, 4.69) is 12.2 Å². The molecule has 2 aliphatic rings. The lowest BCUT2D eigenvalue weighted by atomic mass is 9.98. The fourth-order valence-corrected chi connectivity index (χ4v) is 3.26. The lowest BCUT2D eigenvalue weighted by Crippen LogP contribution is -2.49. The van der Waals surface area contributed by atoms with Crippen molar-refractivity contribution in [1.29, 1.82) is 0 Å². The molecule has 2 saturated heterocycles. The van der Waals surface area contributed by atoms with Gasteiger partial charge in [-0.1, -0.05) is 18.5 Å². The predicted molar refractivity (Wildman–Crippen MR) is 91.3 cm³/mol. The first kappa shape index (κ1) is 16.8. The van der Waals surface area contributed by atoms with E-state index in [-0.39, 0.29) is 24.8 Å². The molecule has 2 fully saturated rings. The second-order valence-corrected chi connectivity index (χ2v) is 6.80. The van der Waals surface area contributed by atoms with Crippen LogP contribution in [-0.2, 0) is 4.79 Å². The number of nitrogens with one attached hydrogen (secondary N) is 1. The molecular formula is C17H20ClN3O3. The Morgan fingerprint density at radius 3 is 2.58 bits per heavy atom. The Bertz CT molecular complexity index is 684. The molecule has 0 aliphatic carbocycles. The molecule has 0 aromatic heterocycles. The largest absolute Gasteiger partial charge is 0.339 e. The smallest absolute Gasteiger partial charge is 0.328 e. The number of rotatable bonds is 2. The van der Waals surface area contributed by atoms with E-state index in [9.17, 15) is 14.4 Å². The van der Waals surface area contributed by atoms with E-state index in [1.807, 2.05) is 4.90 Å². The van der Waals surface area contributed by atoms with Gasteiger partial charge in [-0.2, -0.15) is 0 Å². The van der Waals surface area contributed by atoms with Crippen molar-refractivity contribution < 1.29 is 14.4 Å². The molecule has 3 rings (SSSR count). The third kappa shape index (κ3) is 3.38. The number of likely N-dealkylation sites (tertiary alicyclic amines) is 1. The lowest BCUT2D eigenvalue weighted by Gasteiger charge is -2.31. The van der Waals surface area contributed by atoms with Gasteiger partial charge in [0.25, 0.3) is 5.91 Å². The van der Waals surface area contributed by atoms with Crippen LogP contribution in [-0.4, -0.2) is 42.4 Å². The van der Waals surface area contributed by atoms with Crippen LogP contribution in [0.15, 0.2) is 18.2 Å². The number of carbonyl (C=O) groups excluding carboxylic acids is 3. The minimum Gasteiger partial charge on any atom is -0.339 e. The molecule has 2 aliphatic heterocycles. The molecule has 24 heavy (non-hydrogen) atoms. The minimum atomic E-state index is -0.510. The Labute approximate surface area is 145 Å². The van der Waals surface area contributed by atoms with Gasteiger partial charge in [-0.15, -0.1) is 0 Å². The Morgan fingerprint density at radius 1 is 1.21 bits per heavy atom. The van der Waals surface area contributed by atoms with Gasteiger partial charge in [-0.3, -0.25) is 19.8 Å². The SMILES string of the molecule is CC1CCN(C(=O)c2ccc(Cl)c(N3CCC(=O)NC3=O)c2)CC1. The van der Waals surface area contributed by atoms with Gasteiger partial charge in [0.15, 0.2) is 0 Å². The Hall–Kier alpha value is -2.08. The number of anilines is 1. The van der Waals surface area contributed by atoms with Crippen molar-refractivity contribution in [2.24, 2.45) is 5.92 Å². The maximum Gasteiger partial charge on any atom is 0.328 e. The summed E-state index contributed by atoms with van der Waals surface area (Å²) in [6, 6.07) is 4.43. The number of benzene rings is 1. The number of halogens is 1. The van der Waals surface area contributed by atoms with E-state index < -0.39 is 6.03 Å². The molecule has 0 radical (unpaired) electrons. The summed E-state index contributed by atoms with van der Waals surface area (Å²) in [7, 11) is 0. The minimum absolute atomic E-state index is 0.0479. The van der Waals surface area contributed by atoms with Crippen LogP contribution in [0, 0.1) is 5.92 Å². The van der Waals surface area contributed by atoms with Crippen molar-refractivity contribution >= 4 is 35.1 Å². The molecule has 4 amide bonds. The molecule has 0 atom stereocenters. The normalized spacial score (nSPS) is 19.4. The third-order valence-electron chi connectivity index (χ3n) is 4.61. The Balaban J connectivity index is 1.82. The van der Waals surface area contributed by atoms with Crippen molar-refractivity contribution in [3.8, 4) is 0 Å². The zero-order valence-electron chi connectivity index (χ0n) is 13.5. The van der Waals surface area contributed by atoms with Crippen molar-refractivity contribution in [3.63, 3.8) is 0 Å². The third-order valence-corrected chi connectivity index (χ3v) is 4.93. The Kier molecular flexibility index (Phi) is 4.76. The summed E-state index contributed by atoms with van der Waals surface area (Å²) < 4.78 is 0. The average molecular weight is 350 g/mol. The van der Waals surface area contributed by atoms with E-state index in [0.29, 0.717) is 22.2 Å². The topological polar surface area (TPSA) is 69.7 Å².